The van der Waals surface area contributed by atoms with Crippen molar-refractivity contribution in [3.63, 3.8) is 0 Å². The molecular formula is C14H25N5. The highest BCUT2D eigenvalue weighted by molar-refractivity contribution is 5.15. The van der Waals surface area contributed by atoms with E-state index in [0.717, 1.165) is 19.5 Å². The predicted molar refractivity (Wildman–Crippen MR) is 76.1 cm³/mol. The molecule has 106 valence electrons. The molecule has 1 fully saturated rings. The second-order valence-corrected chi connectivity index (χ2v) is 5.92. The van der Waals surface area contributed by atoms with Crippen LogP contribution in [0.4, 0.5) is 0 Å². The quantitative estimate of drug-likeness (QED) is 0.810. The van der Waals surface area contributed by atoms with Crippen LogP contribution in [0, 0.1) is 0 Å². The molecule has 2 aliphatic rings. The molecule has 0 saturated carbocycles. The van der Waals surface area contributed by atoms with Gasteiger partial charge in [0, 0.05) is 38.6 Å². The molecule has 1 aromatic rings. The van der Waals surface area contributed by atoms with Crippen LogP contribution in [0.15, 0.2) is 6.33 Å². The van der Waals surface area contributed by atoms with E-state index in [0.29, 0.717) is 6.04 Å². The second-order valence-electron chi connectivity index (χ2n) is 5.92. The number of aromatic amines is 1. The van der Waals surface area contributed by atoms with Gasteiger partial charge in [-0.2, -0.15) is 0 Å². The summed E-state index contributed by atoms with van der Waals surface area (Å²) in [7, 11) is 2.23. The number of fused-ring (bicyclic) bond motifs is 1. The minimum atomic E-state index is 0.541. The van der Waals surface area contributed by atoms with Gasteiger partial charge in [0.25, 0.3) is 0 Å². The minimum absolute atomic E-state index is 0.541. The molecule has 1 unspecified atom stereocenters. The monoisotopic (exact) mass is 263 g/mol. The Kier molecular flexibility index (Phi) is 4.15. The summed E-state index contributed by atoms with van der Waals surface area (Å²) in [5.41, 5.74) is 2.51. The van der Waals surface area contributed by atoms with Gasteiger partial charge in [-0.15, -0.1) is 0 Å². The van der Waals surface area contributed by atoms with Crippen molar-refractivity contribution in [2.75, 3.05) is 39.8 Å². The molecule has 1 aromatic heterocycles. The third-order valence-electron chi connectivity index (χ3n) is 4.34. The van der Waals surface area contributed by atoms with Crippen LogP contribution in [0.3, 0.4) is 0 Å². The molecule has 0 amide bonds. The fourth-order valence-corrected chi connectivity index (χ4v) is 3.15. The first-order valence-corrected chi connectivity index (χ1v) is 7.46. The van der Waals surface area contributed by atoms with E-state index in [2.05, 4.69) is 32.1 Å². The van der Waals surface area contributed by atoms with Crippen molar-refractivity contribution in [2.24, 2.45) is 0 Å². The second kappa shape index (κ2) is 6.03. The van der Waals surface area contributed by atoms with Crippen LogP contribution in [0.2, 0.25) is 0 Å². The molecule has 0 bridgehead atoms. The number of hydrogen-bond acceptors (Lipinski definition) is 4. The molecule has 0 aromatic carbocycles. The standard InChI is InChI=1S/C14H25N5/c1-18(6-7-19-4-2-3-5-19)10-12-8-13-14(9-15-12)17-11-16-13/h11-12,15H,2-10H2,1H3,(H,16,17). The summed E-state index contributed by atoms with van der Waals surface area (Å²) in [5.74, 6) is 0. The van der Waals surface area contributed by atoms with Crippen LogP contribution in [0.5, 0.6) is 0 Å². The van der Waals surface area contributed by atoms with Crippen molar-refractivity contribution in [1.29, 1.82) is 0 Å². The van der Waals surface area contributed by atoms with Gasteiger partial charge in [0.05, 0.1) is 17.7 Å². The molecule has 1 saturated heterocycles. The maximum Gasteiger partial charge on any atom is 0.0925 e. The highest BCUT2D eigenvalue weighted by Gasteiger charge is 2.21. The number of likely N-dealkylation sites (N-methyl/N-ethyl adjacent to an activating group) is 1. The van der Waals surface area contributed by atoms with E-state index in [1.165, 1.54) is 50.4 Å². The Bertz CT molecular complexity index is 396. The average Bonchev–Trinajstić information content (AvgIpc) is 3.07. The SMILES string of the molecule is CN(CCN1CCCC1)CC1Cc2nc[nH]c2CN1. The number of aromatic nitrogens is 2. The molecule has 2 N–H and O–H groups in total. The van der Waals surface area contributed by atoms with Crippen molar-refractivity contribution < 1.29 is 0 Å². The summed E-state index contributed by atoms with van der Waals surface area (Å²) >= 11 is 0. The summed E-state index contributed by atoms with van der Waals surface area (Å²) in [5, 5.41) is 3.59. The van der Waals surface area contributed by atoms with Gasteiger partial charge in [0.2, 0.25) is 0 Å². The van der Waals surface area contributed by atoms with Gasteiger partial charge >= 0.3 is 0 Å². The fourth-order valence-electron chi connectivity index (χ4n) is 3.15. The zero-order valence-corrected chi connectivity index (χ0v) is 11.9. The van der Waals surface area contributed by atoms with E-state index in [-0.39, 0.29) is 0 Å². The molecule has 2 aliphatic heterocycles. The summed E-state index contributed by atoms with van der Waals surface area (Å²) in [4.78, 5) is 12.6. The number of nitrogens with zero attached hydrogens (tertiary/aromatic N) is 3. The van der Waals surface area contributed by atoms with Crippen LogP contribution in [-0.4, -0.2) is 65.6 Å². The van der Waals surface area contributed by atoms with Crippen LogP contribution in [-0.2, 0) is 13.0 Å². The summed E-state index contributed by atoms with van der Waals surface area (Å²) in [6.45, 7) is 7.03. The number of H-pyrrole nitrogens is 1. The normalized spacial score (nSPS) is 24.0. The topological polar surface area (TPSA) is 47.2 Å². The molecular weight excluding hydrogens is 238 g/mol. The summed E-state index contributed by atoms with van der Waals surface area (Å²) < 4.78 is 0. The lowest BCUT2D eigenvalue weighted by Crippen LogP contribution is -2.45. The number of imidazole rings is 1. The smallest absolute Gasteiger partial charge is 0.0925 e. The molecule has 0 aliphatic carbocycles. The van der Waals surface area contributed by atoms with Crippen LogP contribution in [0.1, 0.15) is 24.2 Å². The van der Waals surface area contributed by atoms with Gasteiger partial charge in [0.1, 0.15) is 0 Å². The number of likely N-dealkylation sites (tertiary alicyclic amines) is 1. The highest BCUT2D eigenvalue weighted by Crippen LogP contribution is 2.13. The van der Waals surface area contributed by atoms with E-state index in [9.17, 15) is 0 Å². The van der Waals surface area contributed by atoms with Crippen molar-refractivity contribution in [1.82, 2.24) is 25.1 Å². The predicted octanol–water partition coefficient (Wildman–Crippen LogP) is 0.452. The third kappa shape index (κ3) is 3.35. The first kappa shape index (κ1) is 13.1. The Balaban J connectivity index is 1.41. The molecule has 0 radical (unpaired) electrons. The Morgan fingerprint density at radius 1 is 1.42 bits per heavy atom. The maximum atomic E-state index is 4.40. The molecule has 5 nitrogen and oxygen atoms in total. The zero-order valence-electron chi connectivity index (χ0n) is 11.9. The fraction of sp³-hybridized carbons (Fsp3) is 0.786. The molecule has 0 spiro atoms. The summed E-state index contributed by atoms with van der Waals surface area (Å²) in [6.07, 6.45) is 5.63. The lowest BCUT2D eigenvalue weighted by molar-refractivity contribution is 0.234. The van der Waals surface area contributed by atoms with E-state index in [1.807, 2.05) is 6.33 Å². The zero-order chi connectivity index (χ0) is 13.1. The Labute approximate surface area is 115 Å². The van der Waals surface area contributed by atoms with E-state index in [1.54, 1.807) is 0 Å². The molecule has 19 heavy (non-hydrogen) atoms. The average molecular weight is 263 g/mol. The van der Waals surface area contributed by atoms with Gasteiger partial charge < -0.3 is 20.1 Å². The Morgan fingerprint density at radius 3 is 3.11 bits per heavy atom. The maximum absolute atomic E-state index is 4.40. The van der Waals surface area contributed by atoms with Crippen molar-refractivity contribution >= 4 is 0 Å². The van der Waals surface area contributed by atoms with Gasteiger partial charge in [-0.25, -0.2) is 4.98 Å². The Hall–Kier alpha value is -0.910. The molecule has 3 rings (SSSR count). The third-order valence-corrected chi connectivity index (χ3v) is 4.34. The molecule has 1 atom stereocenters. The highest BCUT2D eigenvalue weighted by atomic mass is 15.2. The van der Waals surface area contributed by atoms with Gasteiger partial charge in [-0.3, -0.25) is 0 Å². The van der Waals surface area contributed by atoms with Gasteiger partial charge in [-0.05, 0) is 33.0 Å². The van der Waals surface area contributed by atoms with Gasteiger partial charge in [0.15, 0.2) is 0 Å². The number of hydrogen-bond donors (Lipinski definition) is 2. The largest absolute Gasteiger partial charge is 0.347 e. The van der Waals surface area contributed by atoms with E-state index in [4.69, 9.17) is 0 Å². The van der Waals surface area contributed by atoms with Crippen LogP contribution in [0.25, 0.3) is 0 Å². The van der Waals surface area contributed by atoms with Crippen molar-refractivity contribution in [3.8, 4) is 0 Å². The lowest BCUT2D eigenvalue weighted by Gasteiger charge is -2.28. The van der Waals surface area contributed by atoms with Crippen LogP contribution < -0.4 is 5.32 Å². The molecule has 3 heterocycles. The van der Waals surface area contributed by atoms with E-state index >= 15 is 0 Å². The molecule has 5 heteroatoms. The van der Waals surface area contributed by atoms with Crippen molar-refractivity contribution in [2.45, 2.75) is 31.8 Å². The number of rotatable bonds is 5. The van der Waals surface area contributed by atoms with Crippen molar-refractivity contribution in [3.05, 3.63) is 17.7 Å². The Morgan fingerprint density at radius 2 is 2.26 bits per heavy atom. The summed E-state index contributed by atoms with van der Waals surface area (Å²) in [6, 6.07) is 0.541. The van der Waals surface area contributed by atoms with Gasteiger partial charge in [-0.1, -0.05) is 0 Å². The first-order valence-electron chi connectivity index (χ1n) is 7.46. The minimum Gasteiger partial charge on any atom is -0.347 e. The first-order chi connectivity index (χ1) is 9.31. The van der Waals surface area contributed by atoms with E-state index < -0.39 is 0 Å². The van der Waals surface area contributed by atoms with Crippen LogP contribution >= 0.6 is 0 Å². The lowest BCUT2D eigenvalue weighted by atomic mass is 10.1. The number of nitrogens with one attached hydrogen (secondary N) is 2.